The number of hydrogen-bond acceptors (Lipinski definition) is 5. The van der Waals surface area contributed by atoms with Gasteiger partial charge in [-0.3, -0.25) is 0 Å². The predicted octanol–water partition coefficient (Wildman–Crippen LogP) is 1.77. The fraction of sp³-hybridized carbons (Fsp3) is 0.714. The highest BCUT2D eigenvalue weighted by Crippen LogP contribution is 2.12. The molecule has 110 valence electrons. The van der Waals surface area contributed by atoms with E-state index in [1.807, 2.05) is 25.9 Å². The summed E-state index contributed by atoms with van der Waals surface area (Å²) in [5.41, 5.74) is 0.296. The Morgan fingerprint density at radius 3 is 1.79 bits per heavy atom. The van der Waals surface area contributed by atoms with Crippen LogP contribution in [0.1, 0.15) is 34.6 Å². The Morgan fingerprint density at radius 2 is 1.42 bits per heavy atom. The molecule has 5 heteroatoms. The first-order valence-corrected chi connectivity index (χ1v) is 6.44. The zero-order chi connectivity index (χ0) is 15.2. The molecule has 0 aliphatic carbocycles. The third-order valence-corrected chi connectivity index (χ3v) is 2.43. The zero-order valence-electron chi connectivity index (χ0n) is 12.9. The van der Waals surface area contributed by atoms with E-state index in [9.17, 15) is 9.59 Å². The Labute approximate surface area is 115 Å². The highest BCUT2D eigenvalue weighted by atomic mass is 16.5. The minimum atomic E-state index is -0.528. The largest absolute Gasteiger partial charge is 0.460 e. The Morgan fingerprint density at radius 1 is 0.947 bits per heavy atom. The van der Waals surface area contributed by atoms with Gasteiger partial charge in [-0.05, 0) is 48.7 Å². The Balaban J connectivity index is 5.11. The van der Waals surface area contributed by atoms with Crippen molar-refractivity contribution in [2.75, 3.05) is 14.1 Å². The molecular formula is C14H25NO4. The monoisotopic (exact) mass is 271 g/mol. The summed E-state index contributed by atoms with van der Waals surface area (Å²) >= 11 is 0. The van der Waals surface area contributed by atoms with Crippen LogP contribution in [0.3, 0.4) is 0 Å². The zero-order valence-corrected chi connectivity index (χ0v) is 12.9. The first-order chi connectivity index (χ1) is 8.65. The van der Waals surface area contributed by atoms with Crippen molar-refractivity contribution in [2.45, 2.75) is 52.9 Å². The van der Waals surface area contributed by atoms with Crippen molar-refractivity contribution in [1.29, 1.82) is 0 Å². The van der Waals surface area contributed by atoms with Crippen LogP contribution in [0, 0.1) is 0 Å². The molecule has 0 heterocycles. The van der Waals surface area contributed by atoms with Gasteiger partial charge in [0.2, 0.25) is 0 Å². The SMILES string of the molecule is CC(C)OC(=O)/C=C(/C(=O)OC(C)C)C(C)N(C)C. The first kappa shape index (κ1) is 17.6. The minimum absolute atomic E-state index is 0.221. The molecule has 0 amide bonds. The summed E-state index contributed by atoms with van der Waals surface area (Å²) < 4.78 is 10.2. The number of rotatable bonds is 6. The Kier molecular flexibility index (Phi) is 7.37. The molecule has 0 spiro atoms. The summed E-state index contributed by atoms with van der Waals surface area (Å²) in [6, 6.07) is -0.231. The lowest BCUT2D eigenvalue weighted by Gasteiger charge is -2.22. The van der Waals surface area contributed by atoms with E-state index in [1.54, 1.807) is 27.7 Å². The maximum absolute atomic E-state index is 12.0. The van der Waals surface area contributed by atoms with Crippen LogP contribution in [0.25, 0.3) is 0 Å². The van der Waals surface area contributed by atoms with Crippen molar-refractivity contribution in [3.05, 3.63) is 11.6 Å². The van der Waals surface area contributed by atoms with Gasteiger partial charge in [0.25, 0.3) is 0 Å². The van der Waals surface area contributed by atoms with Gasteiger partial charge in [-0.15, -0.1) is 0 Å². The van der Waals surface area contributed by atoms with Crippen molar-refractivity contribution >= 4 is 11.9 Å². The van der Waals surface area contributed by atoms with Crippen LogP contribution in [-0.2, 0) is 19.1 Å². The van der Waals surface area contributed by atoms with Crippen molar-refractivity contribution in [3.63, 3.8) is 0 Å². The number of esters is 2. The van der Waals surface area contributed by atoms with Gasteiger partial charge in [0.15, 0.2) is 0 Å². The van der Waals surface area contributed by atoms with Gasteiger partial charge in [0, 0.05) is 12.1 Å². The molecule has 0 N–H and O–H groups in total. The van der Waals surface area contributed by atoms with Crippen LogP contribution in [0.4, 0.5) is 0 Å². The van der Waals surface area contributed by atoms with Crippen LogP contribution in [-0.4, -0.2) is 49.2 Å². The second-order valence-corrected chi connectivity index (χ2v) is 5.18. The maximum Gasteiger partial charge on any atom is 0.336 e. The Hall–Kier alpha value is -1.36. The summed E-state index contributed by atoms with van der Waals surface area (Å²) in [4.78, 5) is 25.5. The molecule has 0 saturated heterocycles. The van der Waals surface area contributed by atoms with Crippen molar-refractivity contribution < 1.29 is 19.1 Å². The highest BCUT2D eigenvalue weighted by Gasteiger charge is 2.23. The average molecular weight is 271 g/mol. The van der Waals surface area contributed by atoms with Gasteiger partial charge in [-0.1, -0.05) is 0 Å². The lowest BCUT2D eigenvalue weighted by Crippen LogP contribution is -2.32. The predicted molar refractivity (Wildman–Crippen MR) is 73.7 cm³/mol. The van der Waals surface area contributed by atoms with Gasteiger partial charge < -0.3 is 14.4 Å². The first-order valence-electron chi connectivity index (χ1n) is 6.44. The molecule has 1 atom stereocenters. The fourth-order valence-corrected chi connectivity index (χ4v) is 1.30. The van der Waals surface area contributed by atoms with Crippen molar-refractivity contribution in [3.8, 4) is 0 Å². The molecule has 1 unspecified atom stereocenters. The van der Waals surface area contributed by atoms with E-state index in [1.165, 1.54) is 6.08 Å². The Bertz CT molecular complexity index is 345. The topological polar surface area (TPSA) is 55.8 Å². The van der Waals surface area contributed by atoms with E-state index in [4.69, 9.17) is 9.47 Å². The molecule has 0 saturated carbocycles. The van der Waals surface area contributed by atoms with E-state index in [-0.39, 0.29) is 18.2 Å². The van der Waals surface area contributed by atoms with Crippen molar-refractivity contribution in [2.24, 2.45) is 0 Å². The number of ether oxygens (including phenoxy) is 2. The second kappa shape index (κ2) is 7.94. The molecule has 0 aromatic rings. The van der Waals surface area contributed by atoms with Gasteiger partial charge >= 0.3 is 11.9 Å². The maximum atomic E-state index is 12.0. The van der Waals surface area contributed by atoms with Crippen molar-refractivity contribution in [1.82, 2.24) is 4.90 Å². The third kappa shape index (κ3) is 6.96. The van der Waals surface area contributed by atoms with Crippen LogP contribution in [0.2, 0.25) is 0 Å². The lowest BCUT2D eigenvalue weighted by atomic mass is 10.1. The number of hydrogen-bond donors (Lipinski definition) is 0. The minimum Gasteiger partial charge on any atom is -0.460 e. The van der Waals surface area contributed by atoms with E-state index in [2.05, 4.69) is 0 Å². The standard InChI is InChI=1S/C14H25NO4/c1-9(2)18-13(16)8-12(11(5)15(6)7)14(17)19-10(3)4/h8-11H,1-7H3/b12-8+. The summed E-state index contributed by atoms with van der Waals surface area (Å²) in [5, 5.41) is 0. The van der Waals surface area contributed by atoms with E-state index in [0.717, 1.165) is 0 Å². The average Bonchev–Trinajstić information content (AvgIpc) is 2.22. The number of likely N-dealkylation sites (N-methyl/N-ethyl adjacent to an activating group) is 1. The van der Waals surface area contributed by atoms with Crippen LogP contribution < -0.4 is 0 Å². The van der Waals surface area contributed by atoms with E-state index < -0.39 is 11.9 Å². The number of carbonyl (C=O) groups excluding carboxylic acids is 2. The summed E-state index contributed by atoms with van der Waals surface area (Å²) in [5.74, 6) is -1.02. The third-order valence-electron chi connectivity index (χ3n) is 2.43. The molecule has 0 fully saturated rings. The molecule has 5 nitrogen and oxygen atoms in total. The molecule has 19 heavy (non-hydrogen) atoms. The van der Waals surface area contributed by atoms with Crippen LogP contribution >= 0.6 is 0 Å². The molecule has 0 aromatic heterocycles. The van der Waals surface area contributed by atoms with E-state index >= 15 is 0 Å². The van der Waals surface area contributed by atoms with Gasteiger partial charge in [0.1, 0.15) is 0 Å². The molecule has 0 bridgehead atoms. The molecule has 0 aliphatic rings. The second-order valence-electron chi connectivity index (χ2n) is 5.18. The van der Waals surface area contributed by atoms with E-state index in [0.29, 0.717) is 5.57 Å². The van der Waals surface area contributed by atoms with Gasteiger partial charge in [-0.2, -0.15) is 0 Å². The van der Waals surface area contributed by atoms with Crippen LogP contribution in [0.5, 0.6) is 0 Å². The quantitative estimate of drug-likeness (QED) is 0.544. The number of carbonyl (C=O) groups is 2. The molecular weight excluding hydrogens is 246 g/mol. The summed E-state index contributed by atoms with van der Waals surface area (Å²) in [6.45, 7) is 8.88. The molecule has 0 radical (unpaired) electrons. The number of nitrogens with zero attached hydrogens (tertiary/aromatic N) is 1. The molecule has 0 aliphatic heterocycles. The molecule has 0 rings (SSSR count). The highest BCUT2D eigenvalue weighted by molar-refractivity contribution is 5.97. The fourth-order valence-electron chi connectivity index (χ4n) is 1.30. The van der Waals surface area contributed by atoms with Gasteiger partial charge in [-0.25, -0.2) is 9.59 Å². The molecule has 0 aromatic carbocycles. The smallest absolute Gasteiger partial charge is 0.336 e. The summed E-state index contributed by atoms with van der Waals surface area (Å²) in [6.07, 6.45) is 0.766. The lowest BCUT2D eigenvalue weighted by molar-refractivity contribution is -0.145. The van der Waals surface area contributed by atoms with Gasteiger partial charge in [0.05, 0.1) is 17.8 Å². The normalized spacial score (nSPS) is 13.9. The van der Waals surface area contributed by atoms with Crippen LogP contribution in [0.15, 0.2) is 11.6 Å². The summed E-state index contributed by atoms with van der Waals surface area (Å²) in [7, 11) is 3.66.